The van der Waals surface area contributed by atoms with E-state index in [0.717, 1.165) is 39.5 Å². The molecule has 0 saturated heterocycles. The molecule has 3 aromatic rings. The first-order valence-corrected chi connectivity index (χ1v) is 14.3. The lowest BCUT2D eigenvalue weighted by atomic mass is 9.85. The van der Waals surface area contributed by atoms with Crippen molar-refractivity contribution in [3.8, 4) is 0 Å². The summed E-state index contributed by atoms with van der Waals surface area (Å²) >= 11 is 26.2. The molecule has 0 spiro atoms. The van der Waals surface area contributed by atoms with Crippen LogP contribution < -0.4 is 10.6 Å². The molecule has 0 fully saturated rings. The molecule has 3 rings (SSSR count). The van der Waals surface area contributed by atoms with Crippen molar-refractivity contribution in [1.82, 2.24) is 0 Å². The highest BCUT2D eigenvalue weighted by atomic mass is 35.5. The van der Waals surface area contributed by atoms with Crippen molar-refractivity contribution in [2.24, 2.45) is 0 Å². The lowest BCUT2D eigenvalue weighted by Gasteiger charge is -2.22. The Morgan fingerprint density at radius 2 is 1.35 bits per heavy atom. The maximum Gasteiger partial charge on any atom is 0.0598 e. The molecule has 2 N–H and O–H groups in total. The summed E-state index contributed by atoms with van der Waals surface area (Å²) in [6.07, 6.45) is 13.1. The lowest BCUT2D eigenvalue weighted by molar-refractivity contribution is 0.978. The molecule has 3 aromatic carbocycles. The Bertz CT molecular complexity index is 1440. The first-order valence-electron chi connectivity index (χ1n) is 12.8. The summed E-state index contributed by atoms with van der Waals surface area (Å²) < 4.78 is 0. The second-order valence-electron chi connectivity index (χ2n) is 8.85. The Morgan fingerprint density at radius 3 is 1.82 bits per heavy atom. The molecule has 0 heterocycles. The molecule has 0 aliphatic heterocycles. The molecule has 0 saturated carbocycles. The largest absolute Gasteiger partial charge is 0.355 e. The third-order valence-corrected chi connectivity index (χ3v) is 7.36. The number of anilines is 2. The number of benzene rings is 3. The van der Waals surface area contributed by atoms with Gasteiger partial charge in [0.15, 0.2) is 0 Å². The summed E-state index contributed by atoms with van der Waals surface area (Å²) in [5.41, 5.74) is 6.36. The summed E-state index contributed by atoms with van der Waals surface area (Å²) in [7, 11) is 0. The fourth-order valence-electron chi connectivity index (χ4n) is 4.08. The van der Waals surface area contributed by atoms with Gasteiger partial charge >= 0.3 is 0 Å². The number of halogens is 4. The smallest absolute Gasteiger partial charge is 0.0598 e. The minimum Gasteiger partial charge on any atom is -0.355 e. The second-order valence-corrected chi connectivity index (χ2v) is 10.6. The molecule has 2 nitrogen and oxygen atoms in total. The number of allylic oxidation sites excluding steroid dienone is 9. The molecular weight excluding hydrogens is 578 g/mol. The van der Waals surface area contributed by atoms with Gasteiger partial charge in [-0.15, -0.1) is 0 Å². The number of rotatable bonds is 11. The van der Waals surface area contributed by atoms with Crippen molar-refractivity contribution < 1.29 is 0 Å². The fraction of sp³-hybridized carbons (Fsp3) is 0.118. The van der Waals surface area contributed by atoms with E-state index >= 15 is 0 Å². The van der Waals surface area contributed by atoms with Gasteiger partial charge in [-0.05, 0) is 80.4 Å². The van der Waals surface area contributed by atoms with Crippen LogP contribution in [-0.2, 0) is 0 Å². The normalized spacial score (nSPS) is 13.9. The van der Waals surface area contributed by atoms with E-state index in [4.69, 9.17) is 46.4 Å². The Kier molecular flexibility index (Phi) is 12.2. The molecule has 0 amide bonds. The van der Waals surface area contributed by atoms with E-state index in [1.54, 1.807) is 6.08 Å². The fourth-order valence-corrected chi connectivity index (χ4v) is 4.91. The minimum atomic E-state index is -0.188. The quantitative estimate of drug-likeness (QED) is 0.167. The van der Waals surface area contributed by atoms with E-state index in [2.05, 4.69) is 41.5 Å². The van der Waals surface area contributed by atoms with Crippen LogP contribution in [0.2, 0.25) is 10.0 Å². The van der Waals surface area contributed by atoms with Crippen LogP contribution >= 0.6 is 46.4 Å². The molecular formula is C34H32Cl4N2. The molecule has 6 heteroatoms. The van der Waals surface area contributed by atoms with Crippen molar-refractivity contribution in [3.05, 3.63) is 164 Å². The molecule has 0 aliphatic carbocycles. The van der Waals surface area contributed by atoms with Crippen LogP contribution in [0.3, 0.4) is 0 Å². The molecule has 0 aliphatic rings. The average Bonchev–Trinajstić information content (AvgIpc) is 2.95. The van der Waals surface area contributed by atoms with Crippen molar-refractivity contribution in [2.75, 3.05) is 10.6 Å². The predicted molar refractivity (Wildman–Crippen MR) is 178 cm³/mol. The first-order chi connectivity index (χ1) is 19.3. The molecule has 40 heavy (non-hydrogen) atoms. The van der Waals surface area contributed by atoms with Crippen LogP contribution in [0, 0.1) is 0 Å². The van der Waals surface area contributed by atoms with Gasteiger partial charge in [0.25, 0.3) is 0 Å². The van der Waals surface area contributed by atoms with Gasteiger partial charge in [0.2, 0.25) is 0 Å². The van der Waals surface area contributed by atoms with Crippen LogP contribution in [0.1, 0.15) is 43.4 Å². The van der Waals surface area contributed by atoms with Crippen LogP contribution in [-0.4, -0.2) is 0 Å². The van der Waals surface area contributed by atoms with E-state index in [1.165, 1.54) is 0 Å². The summed E-state index contributed by atoms with van der Waals surface area (Å²) in [6, 6.07) is 22.0. The Balaban J connectivity index is 2.01. The monoisotopic (exact) mass is 608 g/mol. The van der Waals surface area contributed by atoms with Crippen LogP contribution in [0.25, 0.3) is 0 Å². The number of hydrogen-bond acceptors (Lipinski definition) is 2. The minimum absolute atomic E-state index is 0.188. The van der Waals surface area contributed by atoms with Gasteiger partial charge in [-0.2, -0.15) is 0 Å². The van der Waals surface area contributed by atoms with E-state index in [1.807, 2.05) is 99.7 Å². The van der Waals surface area contributed by atoms with Crippen molar-refractivity contribution in [2.45, 2.75) is 26.7 Å². The maximum absolute atomic E-state index is 6.73. The average molecular weight is 610 g/mol. The maximum atomic E-state index is 6.73. The number of nitrogens with one attached hydrogen (secondary N) is 2. The van der Waals surface area contributed by atoms with Crippen molar-refractivity contribution in [1.29, 1.82) is 0 Å². The molecule has 0 bridgehead atoms. The molecule has 0 radical (unpaired) electrons. The Labute approximate surface area is 258 Å². The van der Waals surface area contributed by atoms with E-state index in [0.29, 0.717) is 20.1 Å². The zero-order valence-electron chi connectivity index (χ0n) is 22.7. The third-order valence-electron chi connectivity index (χ3n) is 6.07. The Morgan fingerprint density at radius 1 is 0.800 bits per heavy atom. The predicted octanol–water partition coefficient (Wildman–Crippen LogP) is 11.8. The van der Waals surface area contributed by atoms with Crippen molar-refractivity contribution in [3.63, 3.8) is 0 Å². The van der Waals surface area contributed by atoms with E-state index in [9.17, 15) is 0 Å². The highest BCUT2D eigenvalue weighted by Crippen LogP contribution is 2.40. The van der Waals surface area contributed by atoms with Gasteiger partial charge in [0.05, 0.1) is 16.4 Å². The topological polar surface area (TPSA) is 24.1 Å². The van der Waals surface area contributed by atoms with Crippen LogP contribution in [0.15, 0.2) is 137 Å². The van der Waals surface area contributed by atoms with Gasteiger partial charge in [-0.3, -0.25) is 0 Å². The summed E-state index contributed by atoms with van der Waals surface area (Å²) in [6.45, 7) is 9.43. The second kappa shape index (κ2) is 15.6. The first kappa shape index (κ1) is 31.4. The zero-order chi connectivity index (χ0) is 29.1. The molecule has 0 aromatic heterocycles. The van der Waals surface area contributed by atoms with Gasteiger partial charge in [-0.25, -0.2) is 0 Å². The highest BCUT2D eigenvalue weighted by molar-refractivity contribution is 6.36. The standard InChI is InChI=1S/C34H32Cl4N2/c1-5-8-13-31(23(4)35)39-26-19-15-24(16-20-26)33(34-29(37)11-10-12-30(34)38)25-17-21-27(22-18-25)40-32(14-9-6-2)28(36)7-3/h5-22,33,39-40H,1H2,2-4H3/b9-6-,13-8-,28-7+,31-23-,32-14+. The summed E-state index contributed by atoms with van der Waals surface area (Å²) in [4.78, 5) is 0. The zero-order valence-corrected chi connectivity index (χ0v) is 25.7. The highest BCUT2D eigenvalue weighted by Gasteiger charge is 2.22. The van der Waals surface area contributed by atoms with Gasteiger partial charge in [0, 0.05) is 37.9 Å². The van der Waals surface area contributed by atoms with Gasteiger partial charge in [-0.1, -0.05) is 114 Å². The van der Waals surface area contributed by atoms with Gasteiger partial charge < -0.3 is 10.6 Å². The van der Waals surface area contributed by atoms with E-state index < -0.39 is 0 Å². The number of hydrogen-bond donors (Lipinski definition) is 2. The van der Waals surface area contributed by atoms with E-state index in [-0.39, 0.29) is 5.92 Å². The third kappa shape index (κ3) is 8.43. The molecule has 206 valence electrons. The molecule has 1 atom stereocenters. The van der Waals surface area contributed by atoms with Crippen LogP contribution in [0.4, 0.5) is 11.4 Å². The lowest BCUT2D eigenvalue weighted by Crippen LogP contribution is -2.06. The van der Waals surface area contributed by atoms with Crippen LogP contribution in [0.5, 0.6) is 0 Å². The summed E-state index contributed by atoms with van der Waals surface area (Å²) in [5, 5.41) is 9.27. The Hall–Kier alpha value is -3.14. The van der Waals surface area contributed by atoms with Gasteiger partial charge in [0.1, 0.15) is 0 Å². The SMILES string of the molecule is C=C/C=C\C(Nc1ccc(C(c2ccc(NC(=C/C=C\C)/C(Cl)=C\C)cc2)c2c(Cl)cccc2Cl)cc1)=C(/C)Cl. The summed E-state index contributed by atoms with van der Waals surface area (Å²) in [5.74, 6) is -0.188. The molecule has 1 unspecified atom stereocenters. The van der Waals surface area contributed by atoms with Crippen molar-refractivity contribution >= 4 is 57.8 Å².